The zero-order chi connectivity index (χ0) is 12.3. The summed E-state index contributed by atoms with van der Waals surface area (Å²) < 4.78 is 0. The lowest BCUT2D eigenvalue weighted by Gasteiger charge is -2.08. The molecule has 1 aromatic heterocycles. The SMILES string of the molecule is Cc1nc(C=CC(=O)NCC(O)C2CC2)cs1. The summed E-state index contributed by atoms with van der Waals surface area (Å²) in [6, 6.07) is 0. The minimum atomic E-state index is -0.395. The first-order chi connectivity index (χ1) is 8.15. The van der Waals surface area contributed by atoms with Gasteiger partial charge in [-0.1, -0.05) is 0 Å². The Kier molecular flexibility index (Phi) is 3.91. The lowest BCUT2D eigenvalue weighted by atomic mass is 10.2. The smallest absolute Gasteiger partial charge is 0.244 e. The van der Waals surface area contributed by atoms with Gasteiger partial charge in [-0.3, -0.25) is 4.79 Å². The number of amides is 1. The highest BCUT2D eigenvalue weighted by Crippen LogP contribution is 2.32. The summed E-state index contributed by atoms with van der Waals surface area (Å²) >= 11 is 1.55. The third-order valence-electron chi connectivity index (χ3n) is 2.69. The Morgan fingerprint density at radius 3 is 3.12 bits per heavy atom. The molecule has 1 aliphatic rings. The molecule has 0 spiro atoms. The number of carbonyl (C=O) groups excluding carboxylic acids is 1. The minimum Gasteiger partial charge on any atom is -0.391 e. The number of carbonyl (C=O) groups is 1. The summed E-state index contributed by atoms with van der Waals surface area (Å²) in [5.41, 5.74) is 0.797. The minimum absolute atomic E-state index is 0.185. The monoisotopic (exact) mass is 252 g/mol. The largest absolute Gasteiger partial charge is 0.391 e. The quantitative estimate of drug-likeness (QED) is 0.778. The van der Waals surface area contributed by atoms with E-state index in [0.717, 1.165) is 23.5 Å². The number of thiazole rings is 1. The van der Waals surface area contributed by atoms with E-state index in [1.165, 1.54) is 6.08 Å². The van der Waals surface area contributed by atoms with Gasteiger partial charge in [0.2, 0.25) is 5.91 Å². The maximum Gasteiger partial charge on any atom is 0.244 e. The summed E-state index contributed by atoms with van der Waals surface area (Å²) in [5, 5.41) is 15.1. The molecule has 0 saturated heterocycles. The van der Waals surface area contributed by atoms with Crippen molar-refractivity contribution in [3.8, 4) is 0 Å². The molecule has 17 heavy (non-hydrogen) atoms. The van der Waals surface area contributed by atoms with Crippen molar-refractivity contribution < 1.29 is 9.90 Å². The van der Waals surface area contributed by atoms with E-state index in [0.29, 0.717) is 12.5 Å². The topological polar surface area (TPSA) is 62.2 Å². The van der Waals surface area contributed by atoms with Gasteiger partial charge in [0.25, 0.3) is 0 Å². The molecule has 92 valence electrons. The van der Waals surface area contributed by atoms with Crippen molar-refractivity contribution in [2.45, 2.75) is 25.9 Å². The van der Waals surface area contributed by atoms with Gasteiger partial charge < -0.3 is 10.4 Å². The van der Waals surface area contributed by atoms with E-state index in [9.17, 15) is 9.90 Å². The number of rotatable bonds is 5. The van der Waals surface area contributed by atoms with Crippen LogP contribution in [0.4, 0.5) is 0 Å². The van der Waals surface area contributed by atoms with Gasteiger partial charge in [0.1, 0.15) is 0 Å². The van der Waals surface area contributed by atoms with E-state index < -0.39 is 6.10 Å². The van der Waals surface area contributed by atoms with E-state index in [2.05, 4.69) is 10.3 Å². The Labute approximate surface area is 104 Å². The van der Waals surface area contributed by atoms with Crippen LogP contribution in [0, 0.1) is 12.8 Å². The molecule has 0 radical (unpaired) electrons. The lowest BCUT2D eigenvalue weighted by Crippen LogP contribution is -2.31. The van der Waals surface area contributed by atoms with Gasteiger partial charge >= 0.3 is 0 Å². The van der Waals surface area contributed by atoms with Gasteiger partial charge in [0.05, 0.1) is 16.8 Å². The number of aryl methyl sites for hydroxylation is 1. The second-order valence-electron chi connectivity index (χ2n) is 4.27. The fourth-order valence-corrected chi connectivity index (χ4v) is 2.11. The summed E-state index contributed by atoms with van der Waals surface area (Å²) in [6.07, 6.45) is 4.89. The molecule has 4 nitrogen and oxygen atoms in total. The van der Waals surface area contributed by atoms with E-state index in [4.69, 9.17) is 0 Å². The molecule has 1 aliphatic carbocycles. The molecular weight excluding hydrogens is 236 g/mol. The van der Waals surface area contributed by atoms with E-state index in [1.807, 2.05) is 12.3 Å². The molecule has 1 saturated carbocycles. The van der Waals surface area contributed by atoms with Crippen LogP contribution in [-0.4, -0.2) is 28.6 Å². The van der Waals surface area contributed by atoms with Crippen molar-refractivity contribution in [3.63, 3.8) is 0 Å². The molecule has 1 aromatic rings. The van der Waals surface area contributed by atoms with Gasteiger partial charge in [-0.15, -0.1) is 11.3 Å². The van der Waals surface area contributed by atoms with Crippen molar-refractivity contribution in [3.05, 3.63) is 22.2 Å². The molecule has 1 atom stereocenters. The van der Waals surface area contributed by atoms with Crippen LogP contribution in [0.15, 0.2) is 11.5 Å². The Hall–Kier alpha value is -1.20. The van der Waals surface area contributed by atoms with E-state index >= 15 is 0 Å². The third-order valence-corrected chi connectivity index (χ3v) is 3.49. The van der Waals surface area contributed by atoms with Crippen LogP contribution in [0.25, 0.3) is 6.08 Å². The molecule has 2 N–H and O–H groups in total. The second kappa shape index (κ2) is 5.42. The maximum atomic E-state index is 11.4. The first kappa shape index (κ1) is 12.3. The number of hydrogen-bond donors (Lipinski definition) is 2. The van der Waals surface area contributed by atoms with Crippen molar-refractivity contribution >= 4 is 23.3 Å². The summed E-state index contributed by atoms with van der Waals surface area (Å²) in [6.45, 7) is 2.26. The van der Waals surface area contributed by atoms with Gasteiger partial charge in [0.15, 0.2) is 0 Å². The first-order valence-electron chi connectivity index (χ1n) is 5.71. The van der Waals surface area contributed by atoms with Crippen LogP contribution >= 0.6 is 11.3 Å². The molecule has 1 fully saturated rings. The maximum absolute atomic E-state index is 11.4. The fourth-order valence-electron chi connectivity index (χ4n) is 1.53. The van der Waals surface area contributed by atoms with Gasteiger partial charge in [-0.25, -0.2) is 4.98 Å². The van der Waals surface area contributed by atoms with Gasteiger partial charge in [0, 0.05) is 18.0 Å². The van der Waals surface area contributed by atoms with Crippen LogP contribution in [0.5, 0.6) is 0 Å². The molecule has 1 heterocycles. The standard InChI is InChI=1S/C12H16N2O2S/c1-8-14-10(7-17-8)4-5-12(16)13-6-11(15)9-2-3-9/h4-5,7,9,11,15H,2-3,6H2,1H3,(H,13,16). The average molecular weight is 252 g/mol. The zero-order valence-electron chi connectivity index (χ0n) is 9.72. The van der Waals surface area contributed by atoms with E-state index in [1.54, 1.807) is 17.4 Å². The number of hydrogen-bond acceptors (Lipinski definition) is 4. The highest BCUT2D eigenvalue weighted by Gasteiger charge is 2.29. The van der Waals surface area contributed by atoms with Crippen molar-refractivity contribution in [1.29, 1.82) is 0 Å². The van der Waals surface area contributed by atoms with Crippen LogP contribution in [0.3, 0.4) is 0 Å². The van der Waals surface area contributed by atoms with E-state index in [-0.39, 0.29) is 5.91 Å². The second-order valence-corrected chi connectivity index (χ2v) is 5.34. The first-order valence-corrected chi connectivity index (χ1v) is 6.59. The Morgan fingerprint density at radius 2 is 2.53 bits per heavy atom. The summed E-state index contributed by atoms with van der Waals surface area (Å²) in [5.74, 6) is 0.204. The number of aromatic nitrogens is 1. The number of nitrogens with one attached hydrogen (secondary N) is 1. The zero-order valence-corrected chi connectivity index (χ0v) is 10.5. The van der Waals surface area contributed by atoms with Crippen LogP contribution in [0.1, 0.15) is 23.5 Å². The van der Waals surface area contributed by atoms with Crippen LogP contribution in [0.2, 0.25) is 0 Å². The number of aliphatic hydroxyl groups is 1. The van der Waals surface area contributed by atoms with Crippen molar-refractivity contribution in [1.82, 2.24) is 10.3 Å². The van der Waals surface area contributed by atoms with Crippen LogP contribution in [-0.2, 0) is 4.79 Å². The molecule has 0 bridgehead atoms. The average Bonchev–Trinajstić information content (AvgIpc) is 3.07. The normalized spacial score (nSPS) is 17.3. The van der Waals surface area contributed by atoms with Crippen LogP contribution < -0.4 is 5.32 Å². The number of nitrogens with zero attached hydrogens (tertiary/aromatic N) is 1. The lowest BCUT2D eigenvalue weighted by molar-refractivity contribution is -0.116. The molecule has 1 unspecified atom stereocenters. The Balaban J connectivity index is 1.74. The van der Waals surface area contributed by atoms with Crippen molar-refractivity contribution in [2.75, 3.05) is 6.54 Å². The third kappa shape index (κ3) is 3.94. The molecule has 0 aromatic carbocycles. The fraction of sp³-hybridized carbons (Fsp3) is 0.500. The predicted octanol–water partition coefficient (Wildman–Crippen LogP) is 1.35. The van der Waals surface area contributed by atoms with Gasteiger partial charge in [-0.05, 0) is 31.8 Å². The Morgan fingerprint density at radius 1 is 1.76 bits per heavy atom. The highest BCUT2D eigenvalue weighted by molar-refractivity contribution is 7.09. The molecule has 1 amide bonds. The highest BCUT2D eigenvalue weighted by atomic mass is 32.1. The molecular formula is C12H16N2O2S. The van der Waals surface area contributed by atoms with Gasteiger partial charge in [-0.2, -0.15) is 0 Å². The Bertz CT molecular complexity index is 424. The number of aliphatic hydroxyl groups excluding tert-OH is 1. The summed E-state index contributed by atoms with van der Waals surface area (Å²) in [7, 11) is 0. The predicted molar refractivity (Wildman–Crippen MR) is 67.6 cm³/mol. The molecule has 0 aliphatic heterocycles. The molecule has 2 rings (SSSR count). The van der Waals surface area contributed by atoms with Crippen molar-refractivity contribution in [2.24, 2.45) is 5.92 Å². The summed E-state index contributed by atoms with van der Waals surface area (Å²) in [4.78, 5) is 15.7. The molecule has 5 heteroatoms.